The highest BCUT2D eigenvalue weighted by Gasteiger charge is 2.30. The minimum absolute atomic E-state index is 0.249. The molecule has 0 radical (unpaired) electrons. The molecule has 23 heavy (non-hydrogen) atoms. The number of aromatic amines is 1. The Labute approximate surface area is 133 Å². The van der Waals surface area contributed by atoms with Crippen LogP contribution in [0.2, 0.25) is 0 Å². The summed E-state index contributed by atoms with van der Waals surface area (Å²) in [7, 11) is -4.04. The lowest BCUT2D eigenvalue weighted by Gasteiger charge is -2.32. The van der Waals surface area contributed by atoms with Gasteiger partial charge in [0.05, 0.1) is 0 Å². The Kier molecular flexibility index (Phi) is 3.24. The molecule has 4 rings (SSSR count). The maximum absolute atomic E-state index is 11.5. The van der Waals surface area contributed by atoms with Gasteiger partial charge in [-0.1, -0.05) is 0 Å². The topological polar surface area (TPSA) is 99.2 Å². The average Bonchev–Trinajstić information content (AvgIpc) is 3.02. The third-order valence-corrected chi connectivity index (χ3v) is 5.62. The zero-order valence-corrected chi connectivity index (χ0v) is 13.1. The molecule has 3 aromatic rings. The van der Waals surface area contributed by atoms with Crippen molar-refractivity contribution in [1.29, 1.82) is 0 Å². The number of aromatic nitrogens is 3. The van der Waals surface area contributed by atoms with Gasteiger partial charge in [0.2, 0.25) is 0 Å². The molecular formula is C15H16N4O3S. The summed E-state index contributed by atoms with van der Waals surface area (Å²) >= 11 is 0. The van der Waals surface area contributed by atoms with Gasteiger partial charge in [-0.15, -0.1) is 0 Å². The zero-order chi connectivity index (χ0) is 16.0. The molecule has 0 aromatic carbocycles. The number of rotatable bonds is 2. The Bertz CT molecular complexity index is 983. The Morgan fingerprint density at radius 2 is 2.17 bits per heavy atom. The van der Waals surface area contributed by atoms with Crippen LogP contribution in [0.15, 0.2) is 30.7 Å². The Balaban J connectivity index is 1.86. The highest BCUT2D eigenvalue weighted by molar-refractivity contribution is 7.86. The fourth-order valence-electron chi connectivity index (χ4n) is 3.27. The minimum Gasteiger partial charge on any atom is -0.355 e. The van der Waals surface area contributed by atoms with E-state index in [1.807, 2.05) is 23.2 Å². The molecule has 3 aromatic heterocycles. The standard InChI is InChI=1S/C15H16N4O3S/c20-23(21,22)11-2-1-7-19(9-11)15-13-10(3-5-17-15)8-18-14-12(13)4-6-16-14/h3-6,8,11H,1-2,7,9H2,(H,16,18)(H,20,21,22). The number of anilines is 1. The lowest BCUT2D eigenvalue weighted by molar-refractivity contribution is 0.446. The summed E-state index contributed by atoms with van der Waals surface area (Å²) in [5.41, 5.74) is 0.773. The highest BCUT2D eigenvalue weighted by Crippen LogP contribution is 2.32. The van der Waals surface area contributed by atoms with E-state index in [1.165, 1.54) is 0 Å². The quantitative estimate of drug-likeness (QED) is 0.696. The maximum atomic E-state index is 11.5. The van der Waals surface area contributed by atoms with Crippen LogP contribution in [0.25, 0.3) is 21.8 Å². The predicted molar refractivity (Wildman–Crippen MR) is 88.2 cm³/mol. The van der Waals surface area contributed by atoms with Crippen LogP contribution in [0, 0.1) is 0 Å². The van der Waals surface area contributed by atoms with Crippen LogP contribution in [0.3, 0.4) is 0 Å². The van der Waals surface area contributed by atoms with Crippen molar-refractivity contribution < 1.29 is 13.0 Å². The first kappa shape index (κ1) is 14.4. The van der Waals surface area contributed by atoms with Crippen LogP contribution in [0.1, 0.15) is 12.8 Å². The Hall–Kier alpha value is -2.19. The van der Waals surface area contributed by atoms with Crippen molar-refractivity contribution in [3.05, 3.63) is 30.7 Å². The lowest BCUT2D eigenvalue weighted by Crippen LogP contribution is -2.42. The minimum atomic E-state index is -4.04. The molecule has 4 heterocycles. The molecular weight excluding hydrogens is 316 g/mol. The molecule has 120 valence electrons. The number of fused-ring (bicyclic) bond motifs is 3. The number of H-pyrrole nitrogens is 1. The molecule has 1 fully saturated rings. The van der Waals surface area contributed by atoms with E-state index in [9.17, 15) is 13.0 Å². The van der Waals surface area contributed by atoms with E-state index in [-0.39, 0.29) is 6.54 Å². The van der Waals surface area contributed by atoms with Crippen molar-refractivity contribution in [3.63, 3.8) is 0 Å². The van der Waals surface area contributed by atoms with Crippen LogP contribution < -0.4 is 4.90 Å². The summed E-state index contributed by atoms with van der Waals surface area (Å²) in [4.78, 5) is 13.9. The molecule has 1 saturated heterocycles. The number of pyridine rings is 2. The van der Waals surface area contributed by atoms with E-state index >= 15 is 0 Å². The third-order valence-electron chi connectivity index (χ3n) is 4.39. The largest absolute Gasteiger partial charge is 0.355 e. The van der Waals surface area contributed by atoms with Gasteiger partial charge >= 0.3 is 0 Å². The van der Waals surface area contributed by atoms with Gasteiger partial charge < -0.3 is 9.88 Å². The average molecular weight is 332 g/mol. The maximum Gasteiger partial charge on any atom is 0.269 e. The number of nitrogens with one attached hydrogen (secondary N) is 1. The van der Waals surface area contributed by atoms with Gasteiger partial charge in [-0.3, -0.25) is 4.55 Å². The van der Waals surface area contributed by atoms with Gasteiger partial charge in [-0.05, 0) is 25.0 Å². The van der Waals surface area contributed by atoms with Crippen LogP contribution in [0.5, 0.6) is 0 Å². The van der Waals surface area contributed by atoms with Crippen molar-refractivity contribution in [2.45, 2.75) is 18.1 Å². The normalized spacial score (nSPS) is 19.5. The molecule has 1 aliphatic rings. The van der Waals surface area contributed by atoms with Gasteiger partial charge in [0.1, 0.15) is 16.7 Å². The second-order valence-electron chi connectivity index (χ2n) is 5.82. The number of hydrogen-bond donors (Lipinski definition) is 2. The SMILES string of the molecule is O=S(=O)(O)C1CCCN(c2nccc3cnc4[nH]ccc4c23)C1. The second kappa shape index (κ2) is 5.17. The summed E-state index contributed by atoms with van der Waals surface area (Å²) in [5, 5.41) is 2.10. The fourth-order valence-corrected chi connectivity index (χ4v) is 4.10. The van der Waals surface area contributed by atoms with E-state index in [4.69, 9.17) is 0 Å². The summed E-state index contributed by atoms with van der Waals surface area (Å²) in [6.45, 7) is 0.964. The molecule has 1 aliphatic heterocycles. The second-order valence-corrected chi connectivity index (χ2v) is 7.52. The first-order valence-corrected chi connectivity index (χ1v) is 8.96. The zero-order valence-electron chi connectivity index (χ0n) is 12.3. The molecule has 2 N–H and O–H groups in total. The molecule has 0 amide bonds. The van der Waals surface area contributed by atoms with Crippen LogP contribution in [-0.4, -0.2) is 46.3 Å². The first-order chi connectivity index (χ1) is 11.0. The van der Waals surface area contributed by atoms with Gasteiger partial charge in [0, 0.05) is 47.8 Å². The highest BCUT2D eigenvalue weighted by atomic mass is 32.2. The number of hydrogen-bond acceptors (Lipinski definition) is 5. The molecule has 0 spiro atoms. The smallest absolute Gasteiger partial charge is 0.269 e. The first-order valence-electron chi connectivity index (χ1n) is 7.46. The van der Waals surface area contributed by atoms with E-state index in [0.29, 0.717) is 19.4 Å². The van der Waals surface area contributed by atoms with Crippen LogP contribution in [0.4, 0.5) is 5.82 Å². The summed E-state index contributed by atoms with van der Waals surface area (Å²) in [6, 6.07) is 3.84. The molecule has 8 heteroatoms. The summed E-state index contributed by atoms with van der Waals surface area (Å²) < 4.78 is 32.4. The van der Waals surface area contributed by atoms with E-state index in [0.717, 1.165) is 27.6 Å². The fraction of sp³-hybridized carbons (Fsp3) is 0.333. The summed E-state index contributed by atoms with van der Waals surface area (Å²) in [5.74, 6) is 0.739. The Morgan fingerprint density at radius 3 is 3.00 bits per heavy atom. The molecule has 0 aliphatic carbocycles. The molecule has 1 unspecified atom stereocenters. The number of piperidine rings is 1. The van der Waals surface area contributed by atoms with E-state index in [1.54, 1.807) is 12.4 Å². The van der Waals surface area contributed by atoms with Crippen molar-refractivity contribution in [3.8, 4) is 0 Å². The van der Waals surface area contributed by atoms with Gasteiger partial charge in [0.25, 0.3) is 10.1 Å². The summed E-state index contributed by atoms with van der Waals surface area (Å²) in [6.07, 6.45) is 6.48. The van der Waals surface area contributed by atoms with E-state index < -0.39 is 15.4 Å². The van der Waals surface area contributed by atoms with Gasteiger partial charge in [-0.25, -0.2) is 9.97 Å². The third kappa shape index (κ3) is 2.43. The van der Waals surface area contributed by atoms with E-state index in [2.05, 4.69) is 15.0 Å². The van der Waals surface area contributed by atoms with Crippen molar-refractivity contribution >= 4 is 37.7 Å². The lowest BCUT2D eigenvalue weighted by atomic mass is 10.1. The number of nitrogens with zero attached hydrogens (tertiary/aromatic N) is 3. The predicted octanol–water partition coefficient (Wildman–Crippen LogP) is 1.97. The van der Waals surface area contributed by atoms with Crippen LogP contribution in [-0.2, 0) is 10.1 Å². The molecule has 1 atom stereocenters. The van der Waals surface area contributed by atoms with Crippen molar-refractivity contribution in [1.82, 2.24) is 15.0 Å². The molecule has 0 bridgehead atoms. The monoisotopic (exact) mass is 332 g/mol. The molecule has 7 nitrogen and oxygen atoms in total. The van der Waals surface area contributed by atoms with Crippen molar-refractivity contribution in [2.24, 2.45) is 0 Å². The molecule has 0 saturated carbocycles. The van der Waals surface area contributed by atoms with Crippen LogP contribution >= 0.6 is 0 Å². The van der Waals surface area contributed by atoms with Gasteiger partial charge in [-0.2, -0.15) is 8.42 Å². The Morgan fingerprint density at radius 1 is 1.30 bits per heavy atom. The van der Waals surface area contributed by atoms with Gasteiger partial charge in [0.15, 0.2) is 0 Å². The van der Waals surface area contributed by atoms with Crippen molar-refractivity contribution in [2.75, 3.05) is 18.0 Å².